The van der Waals surface area contributed by atoms with Crippen molar-refractivity contribution in [2.45, 2.75) is 13.5 Å². The van der Waals surface area contributed by atoms with Crippen LogP contribution >= 0.6 is 0 Å². The Hall–Kier alpha value is -2.70. The van der Waals surface area contributed by atoms with E-state index < -0.39 is 22.8 Å². The third kappa shape index (κ3) is 2.62. The minimum absolute atomic E-state index is 0.00842. The summed E-state index contributed by atoms with van der Waals surface area (Å²) in [5.41, 5.74) is -0.651. The number of carbonyl (C=O) groups is 2. The molecule has 0 radical (unpaired) electrons. The summed E-state index contributed by atoms with van der Waals surface area (Å²) in [4.78, 5) is 33.5. The van der Waals surface area contributed by atoms with Gasteiger partial charge in [0.05, 0.1) is 17.7 Å². The summed E-state index contributed by atoms with van der Waals surface area (Å²) >= 11 is 0. The number of aromatic carboxylic acids is 1. The molecule has 2 N–H and O–H groups in total. The SMILES string of the molecule is CCn1cc(C(=O)O)c(=O)c2cc(F)c(NCC=O)cc21. The minimum Gasteiger partial charge on any atom is -0.477 e. The van der Waals surface area contributed by atoms with Crippen LogP contribution in [-0.4, -0.2) is 28.5 Å². The number of fused-ring (bicyclic) bond motifs is 1. The van der Waals surface area contributed by atoms with Crippen molar-refractivity contribution in [2.24, 2.45) is 0 Å². The van der Waals surface area contributed by atoms with Crippen molar-refractivity contribution in [1.82, 2.24) is 4.57 Å². The maximum Gasteiger partial charge on any atom is 0.341 e. The number of carboxylic acid groups (broad SMARTS) is 1. The van der Waals surface area contributed by atoms with E-state index in [1.165, 1.54) is 12.3 Å². The van der Waals surface area contributed by atoms with Crippen molar-refractivity contribution in [2.75, 3.05) is 11.9 Å². The van der Waals surface area contributed by atoms with Crippen LogP contribution in [0, 0.1) is 5.82 Å². The van der Waals surface area contributed by atoms with E-state index in [0.717, 1.165) is 6.07 Å². The molecule has 0 bridgehead atoms. The molecule has 21 heavy (non-hydrogen) atoms. The van der Waals surface area contributed by atoms with Gasteiger partial charge in [0.15, 0.2) is 0 Å². The van der Waals surface area contributed by atoms with E-state index in [0.29, 0.717) is 18.3 Å². The number of nitrogens with zero attached hydrogens (tertiary/aromatic N) is 1. The van der Waals surface area contributed by atoms with Crippen LogP contribution in [-0.2, 0) is 11.3 Å². The fourth-order valence-electron chi connectivity index (χ4n) is 2.11. The third-order valence-corrected chi connectivity index (χ3v) is 3.12. The average Bonchev–Trinajstić information content (AvgIpc) is 2.46. The Morgan fingerprint density at radius 2 is 2.19 bits per heavy atom. The molecule has 110 valence electrons. The molecule has 0 saturated heterocycles. The first-order valence-corrected chi connectivity index (χ1v) is 6.27. The first kappa shape index (κ1) is 14.7. The van der Waals surface area contributed by atoms with Crippen molar-refractivity contribution in [3.8, 4) is 0 Å². The van der Waals surface area contributed by atoms with E-state index in [9.17, 15) is 18.8 Å². The van der Waals surface area contributed by atoms with Crippen LogP contribution in [0.3, 0.4) is 0 Å². The smallest absolute Gasteiger partial charge is 0.341 e. The Labute approximate surface area is 118 Å². The number of aryl methyl sites for hydroxylation is 1. The zero-order chi connectivity index (χ0) is 15.6. The maximum absolute atomic E-state index is 13.9. The molecule has 1 aromatic carbocycles. The van der Waals surface area contributed by atoms with Crippen molar-refractivity contribution in [3.63, 3.8) is 0 Å². The third-order valence-electron chi connectivity index (χ3n) is 3.12. The van der Waals surface area contributed by atoms with Crippen LogP contribution in [0.25, 0.3) is 10.9 Å². The number of hydrogen-bond donors (Lipinski definition) is 2. The topological polar surface area (TPSA) is 88.4 Å². The van der Waals surface area contributed by atoms with E-state index in [4.69, 9.17) is 5.11 Å². The van der Waals surface area contributed by atoms with Crippen molar-refractivity contribution in [1.29, 1.82) is 0 Å². The number of aldehydes is 1. The molecule has 2 aromatic rings. The molecular formula is C14H13FN2O4. The number of hydrogen-bond acceptors (Lipinski definition) is 4. The second kappa shape index (κ2) is 5.74. The Kier molecular flexibility index (Phi) is 4.02. The van der Waals surface area contributed by atoms with Gasteiger partial charge in [-0.15, -0.1) is 0 Å². The summed E-state index contributed by atoms with van der Waals surface area (Å²) in [6.45, 7) is 2.12. The largest absolute Gasteiger partial charge is 0.477 e. The molecule has 0 fully saturated rings. The van der Waals surface area contributed by atoms with Crippen LogP contribution in [0.1, 0.15) is 17.3 Å². The number of aromatic nitrogens is 1. The van der Waals surface area contributed by atoms with E-state index in [1.807, 2.05) is 0 Å². The van der Waals surface area contributed by atoms with Crippen molar-refractivity contribution < 1.29 is 19.1 Å². The molecular weight excluding hydrogens is 279 g/mol. The monoisotopic (exact) mass is 292 g/mol. The summed E-state index contributed by atoms with van der Waals surface area (Å²) < 4.78 is 15.5. The molecule has 0 atom stereocenters. The Balaban J connectivity index is 2.78. The number of carboxylic acids is 1. The Morgan fingerprint density at radius 1 is 1.48 bits per heavy atom. The molecule has 0 spiro atoms. The fourth-order valence-corrected chi connectivity index (χ4v) is 2.11. The highest BCUT2D eigenvalue weighted by Gasteiger charge is 2.16. The van der Waals surface area contributed by atoms with Gasteiger partial charge >= 0.3 is 5.97 Å². The lowest BCUT2D eigenvalue weighted by molar-refractivity contribution is -0.106. The molecule has 1 heterocycles. The summed E-state index contributed by atoms with van der Waals surface area (Å²) in [6.07, 6.45) is 1.82. The van der Waals surface area contributed by atoms with Gasteiger partial charge in [-0.1, -0.05) is 0 Å². The Bertz CT molecular complexity index is 783. The number of anilines is 1. The van der Waals surface area contributed by atoms with E-state index in [2.05, 4.69) is 5.32 Å². The lowest BCUT2D eigenvalue weighted by Crippen LogP contribution is -2.19. The lowest BCUT2D eigenvalue weighted by Gasteiger charge is -2.12. The quantitative estimate of drug-likeness (QED) is 0.815. The number of benzene rings is 1. The van der Waals surface area contributed by atoms with Gasteiger partial charge in [-0.3, -0.25) is 4.79 Å². The predicted octanol–water partition coefficient (Wildman–Crippen LogP) is 1.47. The molecule has 7 heteroatoms. The lowest BCUT2D eigenvalue weighted by atomic mass is 10.1. The van der Waals surface area contributed by atoms with Crippen LogP contribution in [0.15, 0.2) is 23.1 Å². The fraction of sp³-hybridized carbons (Fsp3) is 0.214. The number of nitrogens with one attached hydrogen (secondary N) is 1. The van der Waals surface area contributed by atoms with Gasteiger partial charge in [0.25, 0.3) is 0 Å². The van der Waals surface area contributed by atoms with E-state index in [-0.39, 0.29) is 17.6 Å². The summed E-state index contributed by atoms with van der Waals surface area (Å²) in [5, 5.41) is 11.6. The van der Waals surface area contributed by atoms with Gasteiger partial charge in [-0.2, -0.15) is 0 Å². The van der Waals surface area contributed by atoms with Crippen molar-refractivity contribution in [3.05, 3.63) is 39.9 Å². The van der Waals surface area contributed by atoms with Crippen LogP contribution < -0.4 is 10.7 Å². The second-order valence-corrected chi connectivity index (χ2v) is 4.36. The predicted molar refractivity (Wildman–Crippen MR) is 75.4 cm³/mol. The van der Waals surface area contributed by atoms with Gasteiger partial charge in [0, 0.05) is 18.1 Å². The summed E-state index contributed by atoms with van der Waals surface area (Å²) in [5.74, 6) is -2.07. The van der Waals surface area contributed by atoms with Gasteiger partial charge in [0.2, 0.25) is 5.43 Å². The molecule has 0 amide bonds. The second-order valence-electron chi connectivity index (χ2n) is 4.36. The minimum atomic E-state index is -1.35. The molecule has 2 rings (SSSR count). The average molecular weight is 292 g/mol. The molecule has 1 aromatic heterocycles. The Morgan fingerprint density at radius 3 is 2.76 bits per heavy atom. The van der Waals surface area contributed by atoms with Crippen LogP contribution in [0.5, 0.6) is 0 Å². The van der Waals surface area contributed by atoms with Gasteiger partial charge in [0.1, 0.15) is 17.7 Å². The number of halogens is 1. The standard InChI is InChI=1S/C14H13FN2O4/c1-2-17-7-9(14(20)21)13(19)8-5-10(15)11(6-12(8)17)16-3-4-18/h4-7,16H,2-3H2,1H3,(H,20,21). The van der Waals surface area contributed by atoms with Gasteiger partial charge < -0.3 is 19.8 Å². The molecule has 0 unspecified atom stereocenters. The zero-order valence-corrected chi connectivity index (χ0v) is 11.2. The summed E-state index contributed by atoms with van der Waals surface area (Å²) in [6, 6.07) is 2.38. The number of pyridine rings is 1. The first-order chi connectivity index (χ1) is 9.99. The van der Waals surface area contributed by atoms with E-state index >= 15 is 0 Å². The van der Waals surface area contributed by atoms with Gasteiger partial charge in [-0.25, -0.2) is 9.18 Å². The maximum atomic E-state index is 13.9. The zero-order valence-electron chi connectivity index (χ0n) is 11.2. The van der Waals surface area contributed by atoms with Gasteiger partial charge in [-0.05, 0) is 19.1 Å². The number of carbonyl (C=O) groups excluding carboxylic acids is 1. The highest BCUT2D eigenvalue weighted by Crippen LogP contribution is 2.21. The highest BCUT2D eigenvalue weighted by molar-refractivity contribution is 5.93. The molecule has 0 aliphatic heterocycles. The molecule has 0 saturated carbocycles. The molecule has 6 nitrogen and oxygen atoms in total. The van der Waals surface area contributed by atoms with E-state index in [1.54, 1.807) is 11.5 Å². The van der Waals surface area contributed by atoms with Crippen LogP contribution in [0.2, 0.25) is 0 Å². The van der Waals surface area contributed by atoms with Crippen molar-refractivity contribution >= 4 is 28.8 Å². The first-order valence-electron chi connectivity index (χ1n) is 6.27. The molecule has 0 aliphatic carbocycles. The normalized spacial score (nSPS) is 10.6. The van der Waals surface area contributed by atoms with Crippen LogP contribution in [0.4, 0.5) is 10.1 Å². The molecule has 0 aliphatic rings. The number of rotatable bonds is 5. The summed E-state index contributed by atoms with van der Waals surface area (Å²) in [7, 11) is 0. The highest BCUT2D eigenvalue weighted by atomic mass is 19.1.